The van der Waals surface area contributed by atoms with Crippen LogP contribution in [0.3, 0.4) is 0 Å². The van der Waals surface area contributed by atoms with Crippen molar-refractivity contribution >= 4 is 28.2 Å². The van der Waals surface area contributed by atoms with Gasteiger partial charge < -0.3 is 5.32 Å². The van der Waals surface area contributed by atoms with Crippen LogP contribution in [0.2, 0.25) is 0 Å². The van der Waals surface area contributed by atoms with Gasteiger partial charge >= 0.3 is 0 Å². The lowest BCUT2D eigenvalue weighted by atomic mass is 10.1. The molecule has 2 aromatic heterocycles. The van der Waals surface area contributed by atoms with Gasteiger partial charge in [-0.1, -0.05) is 6.07 Å². The van der Waals surface area contributed by atoms with Gasteiger partial charge in [-0.25, -0.2) is 4.68 Å². The Morgan fingerprint density at radius 2 is 1.93 bits per heavy atom. The number of rotatable bonds is 4. The molecule has 138 valence electrons. The second kappa shape index (κ2) is 6.92. The number of aromatic nitrogens is 3. The summed E-state index contributed by atoms with van der Waals surface area (Å²) < 4.78 is 1.49. The third-order valence-corrected chi connectivity index (χ3v) is 4.39. The maximum atomic E-state index is 12.7. The van der Waals surface area contributed by atoms with E-state index in [9.17, 15) is 14.9 Å². The van der Waals surface area contributed by atoms with E-state index in [1.54, 1.807) is 24.5 Å². The lowest BCUT2D eigenvalue weighted by Crippen LogP contribution is -2.11. The van der Waals surface area contributed by atoms with Crippen molar-refractivity contribution in [2.24, 2.45) is 0 Å². The standard InChI is InChI=1S/C20H15N5O3/c1-13-4-9-18(17-3-2-10-21-19(13)17)23-20(26)14-11-22-24(12-14)15-5-7-16(8-6-15)25(27)28/h2-12H,1H3,(H,23,26). The normalized spacial score (nSPS) is 10.8. The molecule has 0 saturated carbocycles. The molecule has 4 aromatic rings. The first-order chi connectivity index (χ1) is 13.5. The van der Waals surface area contributed by atoms with E-state index in [2.05, 4.69) is 15.4 Å². The van der Waals surface area contributed by atoms with Crippen molar-refractivity contribution in [2.45, 2.75) is 6.92 Å². The lowest BCUT2D eigenvalue weighted by Gasteiger charge is -2.09. The number of nitro groups is 1. The summed E-state index contributed by atoms with van der Waals surface area (Å²) >= 11 is 0. The first-order valence-electron chi connectivity index (χ1n) is 8.48. The molecule has 0 unspecified atom stereocenters. The summed E-state index contributed by atoms with van der Waals surface area (Å²) in [6, 6.07) is 13.4. The summed E-state index contributed by atoms with van der Waals surface area (Å²) in [5, 5.41) is 18.7. The molecule has 0 aliphatic heterocycles. The number of hydrogen-bond donors (Lipinski definition) is 1. The molecule has 0 aliphatic carbocycles. The highest BCUT2D eigenvalue weighted by atomic mass is 16.6. The minimum Gasteiger partial charge on any atom is -0.321 e. The van der Waals surface area contributed by atoms with Crippen molar-refractivity contribution < 1.29 is 9.72 Å². The molecule has 28 heavy (non-hydrogen) atoms. The average molecular weight is 373 g/mol. The first-order valence-corrected chi connectivity index (χ1v) is 8.48. The van der Waals surface area contributed by atoms with Crippen LogP contribution in [-0.2, 0) is 0 Å². The summed E-state index contributed by atoms with van der Waals surface area (Å²) in [5.74, 6) is -0.304. The molecule has 0 atom stereocenters. The Morgan fingerprint density at radius 1 is 1.14 bits per heavy atom. The molecule has 4 rings (SSSR count). The fraction of sp³-hybridized carbons (Fsp3) is 0.0500. The van der Waals surface area contributed by atoms with E-state index in [0.29, 0.717) is 16.9 Å². The molecule has 2 aromatic carbocycles. The van der Waals surface area contributed by atoms with Crippen molar-refractivity contribution in [3.05, 3.63) is 88.4 Å². The zero-order valence-electron chi connectivity index (χ0n) is 14.9. The predicted molar refractivity (Wildman–Crippen MR) is 105 cm³/mol. The summed E-state index contributed by atoms with van der Waals surface area (Å²) in [6.07, 6.45) is 4.74. The van der Waals surface area contributed by atoms with Gasteiger partial charge in [-0.2, -0.15) is 5.10 Å². The van der Waals surface area contributed by atoms with Crippen LogP contribution in [0, 0.1) is 17.0 Å². The van der Waals surface area contributed by atoms with E-state index in [0.717, 1.165) is 16.5 Å². The van der Waals surface area contributed by atoms with Gasteiger partial charge in [-0.3, -0.25) is 19.9 Å². The van der Waals surface area contributed by atoms with E-state index in [-0.39, 0.29) is 11.6 Å². The number of anilines is 1. The molecule has 0 fully saturated rings. The molecule has 1 amide bonds. The van der Waals surface area contributed by atoms with Crippen LogP contribution in [-0.4, -0.2) is 25.6 Å². The maximum absolute atomic E-state index is 12.7. The molecule has 0 aliphatic rings. The second-order valence-corrected chi connectivity index (χ2v) is 6.23. The molecule has 0 spiro atoms. The van der Waals surface area contributed by atoms with Crippen LogP contribution in [0.4, 0.5) is 11.4 Å². The molecule has 0 bridgehead atoms. The summed E-state index contributed by atoms with van der Waals surface area (Å²) in [4.78, 5) is 27.3. The predicted octanol–water partition coefficient (Wildman–Crippen LogP) is 3.89. The number of carbonyl (C=O) groups excluding carboxylic acids is 1. The zero-order valence-corrected chi connectivity index (χ0v) is 14.9. The van der Waals surface area contributed by atoms with Gasteiger partial charge in [0.2, 0.25) is 0 Å². The Kier molecular flexibility index (Phi) is 4.29. The van der Waals surface area contributed by atoms with E-state index in [4.69, 9.17) is 0 Å². The molecule has 8 nitrogen and oxygen atoms in total. The van der Waals surface area contributed by atoms with Crippen molar-refractivity contribution in [1.29, 1.82) is 0 Å². The van der Waals surface area contributed by atoms with E-state index in [1.165, 1.54) is 23.0 Å². The minimum absolute atomic E-state index is 0.00580. The average Bonchev–Trinajstić information content (AvgIpc) is 3.21. The monoisotopic (exact) mass is 373 g/mol. The maximum Gasteiger partial charge on any atom is 0.269 e. The van der Waals surface area contributed by atoms with Crippen LogP contribution in [0.15, 0.2) is 67.1 Å². The van der Waals surface area contributed by atoms with Gasteiger partial charge in [-0.05, 0) is 42.8 Å². The van der Waals surface area contributed by atoms with Gasteiger partial charge in [0.15, 0.2) is 0 Å². The Hall–Kier alpha value is -4.07. The molecule has 0 saturated heterocycles. The SMILES string of the molecule is Cc1ccc(NC(=O)c2cnn(-c3ccc([N+](=O)[O-])cc3)c2)c2cccnc12. The van der Waals surface area contributed by atoms with Crippen LogP contribution < -0.4 is 5.32 Å². The minimum atomic E-state index is -0.466. The van der Waals surface area contributed by atoms with Gasteiger partial charge in [-0.15, -0.1) is 0 Å². The van der Waals surface area contributed by atoms with Crippen molar-refractivity contribution in [2.75, 3.05) is 5.32 Å². The van der Waals surface area contributed by atoms with Gasteiger partial charge in [0.25, 0.3) is 11.6 Å². The number of amides is 1. The van der Waals surface area contributed by atoms with Crippen molar-refractivity contribution in [3.8, 4) is 5.69 Å². The van der Waals surface area contributed by atoms with Gasteiger partial charge in [0.1, 0.15) is 0 Å². The molecular formula is C20H15N5O3. The second-order valence-electron chi connectivity index (χ2n) is 6.23. The van der Waals surface area contributed by atoms with Gasteiger partial charge in [0.05, 0.1) is 33.6 Å². The molecule has 0 radical (unpaired) electrons. The van der Waals surface area contributed by atoms with Crippen molar-refractivity contribution in [3.63, 3.8) is 0 Å². The fourth-order valence-electron chi connectivity index (χ4n) is 2.93. The number of nitro benzene ring substituents is 1. The Bertz CT molecular complexity index is 1200. The van der Waals surface area contributed by atoms with Crippen LogP contribution in [0.25, 0.3) is 16.6 Å². The Balaban J connectivity index is 1.59. The lowest BCUT2D eigenvalue weighted by molar-refractivity contribution is -0.384. The molecule has 1 N–H and O–H groups in total. The third kappa shape index (κ3) is 3.18. The van der Waals surface area contributed by atoms with Gasteiger partial charge in [0, 0.05) is 29.9 Å². The molecule has 8 heteroatoms. The quantitative estimate of drug-likeness (QED) is 0.432. The van der Waals surface area contributed by atoms with E-state index >= 15 is 0 Å². The summed E-state index contributed by atoms with van der Waals surface area (Å²) in [7, 11) is 0. The fourth-order valence-corrected chi connectivity index (χ4v) is 2.93. The Labute approximate surface area is 159 Å². The first kappa shape index (κ1) is 17.3. The number of hydrogen-bond acceptors (Lipinski definition) is 5. The highest BCUT2D eigenvalue weighted by Crippen LogP contribution is 2.25. The zero-order chi connectivity index (χ0) is 19.7. The summed E-state index contributed by atoms with van der Waals surface area (Å²) in [6.45, 7) is 1.97. The number of pyridine rings is 1. The number of fused-ring (bicyclic) bond motifs is 1. The molecular weight excluding hydrogens is 358 g/mol. The number of aryl methyl sites for hydroxylation is 1. The van der Waals surface area contributed by atoms with E-state index in [1.807, 2.05) is 31.2 Å². The third-order valence-electron chi connectivity index (χ3n) is 4.39. The topological polar surface area (TPSA) is 103 Å². The smallest absolute Gasteiger partial charge is 0.269 e. The number of nitrogens with one attached hydrogen (secondary N) is 1. The highest BCUT2D eigenvalue weighted by molar-refractivity contribution is 6.08. The number of non-ortho nitro benzene ring substituents is 1. The number of benzene rings is 2. The van der Waals surface area contributed by atoms with Crippen LogP contribution in [0.1, 0.15) is 15.9 Å². The summed E-state index contributed by atoms with van der Waals surface area (Å²) in [5.41, 5.74) is 3.52. The van der Waals surface area contributed by atoms with Crippen molar-refractivity contribution in [1.82, 2.24) is 14.8 Å². The van der Waals surface area contributed by atoms with Crippen LogP contribution >= 0.6 is 0 Å². The number of nitrogens with zero attached hydrogens (tertiary/aromatic N) is 4. The van der Waals surface area contributed by atoms with E-state index < -0.39 is 4.92 Å². The number of carbonyl (C=O) groups is 1. The largest absolute Gasteiger partial charge is 0.321 e. The Morgan fingerprint density at radius 3 is 2.68 bits per heavy atom. The highest BCUT2D eigenvalue weighted by Gasteiger charge is 2.13. The van der Waals surface area contributed by atoms with Crippen LogP contribution in [0.5, 0.6) is 0 Å². The molecule has 2 heterocycles.